The van der Waals surface area contributed by atoms with Gasteiger partial charge in [0.1, 0.15) is 31.3 Å². The van der Waals surface area contributed by atoms with E-state index in [4.69, 9.17) is 4.42 Å². The molecular weight excluding hydrogens is 336 g/mol. The molecule has 1 fully saturated rings. The third-order valence-corrected chi connectivity index (χ3v) is 5.69. The molecule has 2 heterocycles. The number of benzene rings is 2. The van der Waals surface area contributed by atoms with Gasteiger partial charge in [-0.15, -0.1) is 0 Å². The lowest BCUT2D eigenvalue weighted by Crippen LogP contribution is -3.10. The Morgan fingerprint density at radius 2 is 1.96 bits per heavy atom. The molecule has 3 N–H and O–H groups in total. The van der Waals surface area contributed by atoms with Crippen molar-refractivity contribution in [1.29, 1.82) is 0 Å². The Labute approximate surface area is 159 Å². The summed E-state index contributed by atoms with van der Waals surface area (Å²) in [6.07, 6.45) is 2.17. The van der Waals surface area contributed by atoms with Gasteiger partial charge in [0.25, 0.3) is 0 Å². The number of fused-ring (bicyclic) bond motifs is 1. The first kappa shape index (κ1) is 18.0. The minimum Gasteiger partial charge on any atom is -0.423 e. The number of hydrogen-bond donors (Lipinski definition) is 2. The zero-order valence-corrected chi connectivity index (χ0v) is 15.9. The number of hydrogen-bond acceptors (Lipinski definition) is 2. The number of rotatable bonds is 6. The Kier molecular flexibility index (Phi) is 5.37. The third-order valence-electron chi connectivity index (χ3n) is 5.69. The molecule has 27 heavy (non-hydrogen) atoms. The van der Waals surface area contributed by atoms with E-state index in [0.29, 0.717) is 11.6 Å². The molecule has 2 aromatic carbocycles. The molecule has 1 aromatic heterocycles. The molecule has 3 aromatic rings. The summed E-state index contributed by atoms with van der Waals surface area (Å²) >= 11 is 0. The Balaban J connectivity index is 1.41. The van der Waals surface area contributed by atoms with E-state index in [1.807, 2.05) is 6.07 Å². The van der Waals surface area contributed by atoms with Crippen LogP contribution in [0, 0.1) is 0 Å². The van der Waals surface area contributed by atoms with Gasteiger partial charge >= 0.3 is 5.63 Å². The van der Waals surface area contributed by atoms with Crippen molar-refractivity contribution in [3.8, 4) is 0 Å². The fourth-order valence-corrected chi connectivity index (χ4v) is 4.17. The van der Waals surface area contributed by atoms with Crippen molar-refractivity contribution in [2.24, 2.45) is 0 Å². The lowest BCUT2D eigenvalue weighted by Gasteiger charge is -2.13. The summed E-state index contributed by atoms with van der Waals surface area (Å²) in [5.74, 6) is 0. The zero-order chi connectivity index (χ0) is 18.6. The number of likely N-dealkylation sites (tertiary alicyclic amines) is 1. The van der Waals surface area contributed by atoms with Crippen LogP contribution in [0.3, 0.4) is 0 Å². The van der Waals surface area contributed by atoms with E-state index in [9.17, 15) is 4.79 Å². The lowest BCUT2D eigenvalue weighted by atomic mass is 10.1. The molecule has 1 saturated heterocycles. The molecule has 0 amide bonds. The van der Waals surface area contributed by atoms with Crippen molar-refractivity contribution < 1.29 is 14.6 Å². The predicted molar refractivity (Wildman–Crippen MR) is 107 cm³/mol. The first-order chi connectivity index (χ1) is 13.2. The van der Waals surface area contributed by atoms with Crippen LogP contribution in [0.15, 0.2) is 63.8 Å². The van der Waals surface area contributed by atoms with Crippen LogP contribution >= 0.6 is 0 Å². The second kappa shape index (κ2) is 8.07. The van der Waals surface area contributed by atoms with Crippen LogP contribution in [-0.4, -0.2) is 19.1 Å². The molecule has 4 nitrogen and oxygen atoms in total. The van der Waals surface area contributed by atoms with E-state index in [-0.39, 0.29) is 5.63 Å². The highest BCUT2D eigenvalue weighted by molar-refractivity contribution is 5.80. The van der Waals surface area contributed by atoms with Crippen molar-refractivity contribution in [2.45, 2.75) is 38.9 Å². The quantitative estimate of drug-likeness (QED) is 0.648. The molecule has 1 aliphatic heterocycles. The van der Waals surface area contributed by atoms with Gasteiger partial charge in [-0.2, -0.15) is 0 Å². The summed E-state index contributed by atoms with van der Waals surface area (Å²) in [5.41, 5.74) is 4.16. The third kappa shape index (κ3) is 4.29. The molecule has 0 spiro atoms. The topological polar surface area (TPSA) is 51.3 Å². The smallest absolute Gasteiger partial charge is 0.336 e. The highest BCUT2D eigenvalue weighted by Crippen LogP contribution is 2.18. The van der Waals surface area contributed by atoms with Crippen LogP contribution in [0.1, 0.15) is 30.0 Å². The maximum Gasteiger partial charge on any atom is 0.336 e. The zero-order valence-electron chi connectivity index (χ0n) is 15.9. The Hall–Kier alpha value is -2.43. The first-order valence-corrected chi connectivity index (χ1v) is 9.97. The van der Waals surface area contributed by atoms with E-state index >= 15 is 0 Å². The normalized spacial score (nSPS) is 19.6. The maximum atomic E-state index is 12.0. The molecule has 0 aliphatic carbocycles. The highest BCUT2D eigenvalue weighted by atomic mass is 16.4. The minimum atomic E-state index is -0.248. The standard InChI is InChI=1S/C23H26N2O2/c1-2-17-8-9-21-19(13-23(26)27-22(21)12-17)14-24-20-10-11-25(16-20)15-18-6-4-3-5-7-18/h3-9,12-13,20,24H,2,10-11,14-16H2,1H3/p+2/t20-/m0/s1. The Morgan fingerprint density at radius 1 is 1.11 bits per heavy atom. The summed E-state index contributed by atoms with van der Waals surface area (Å²) in [6.45, 7) is 6.43. The molecule has 1 unspecified atom stereocenters. The first-order valence-electron chi connectivity index (χ1n) is 9.97. The van der Waals surface area contributed by atoms with Crippen LogP contribution in [0.25, 0.3) is 11.0 Å². The molecule has 0 saturated carbocycles. The SMILES string of the molecule is CCc1ccc2c(C[NH2+][C@H]3CC[NH+](Cc4ccccc4)C3)cc(=O)oc2c1. The summed E-state index contributed by atoms with van der Waals surface area (Å²) in [4.78, 5) is 13.6. The maximum absolute atomic E-state index is 12.0. The second-order valence-corrected chi connectivity index (χ2v) is 7.63. The summed E-state index contributed by atoms with van der Waals surface area (Å²) in [5, 5.41) is 3.47. The van der Waals surface area contributed by atoms with Crippen LogP contribution in [-0.2, 0) is 19.5 Å². The van der Waals surface area contributed by atoms with Crippen molar-refractivity contribution in [1.82, 2.24) is 0 Å². The molecule has 4 rings (SSSR count). The average molecular weight is 364 g/mol. The van der Waals surface area contributed by atoms with Gasteiger partial charge in [-0.3, -0.25) is 0 Å². The lowest BCUT2D eigenvalue weighted by molar-refractivity contribution is -0.911. The Morgan fingerprint density at radius 3 is 2.78 bits per heavy atom. The Bertz CT molecular complexity index is 965. The fraction of sp³-hybridized carbons (Fsp3) is 0.348. The van der Waals surface area contributed by atoms with Crippen LogP contribution in [0.4, 0.5) is 0 Å². The number of quaternary nitrogens is 2. The molecular formula is C23H28N2O2+2. The van der Waals surface area contributed by atoms with E-state index in [2.05, 4.69) is 54.7 Å². The number of nitrogens with two attached hydrogens (primary N) is 1. The summed E-state index contributed by atoms with van der Waals surface area (Å²) < 4.78 is 5.43. The number of nitrogens with one attached hydrogen (secondary N) is 1. The van der Waals surface area contributed by atoms with E-state index in [0.717, 1.165) is 30.5 Å². The van der Waals surface area contributed by atoms with Crippen LogP contribution in [0.2, 0.25) is 0 Å². The second-order valence-electron chi connectivity index (χ2n) is 7.63. The van der Waals surface area contributed by atoms with Gasteiger partial charge in [0.2, 0.25) is 0 Å². The summed E-state index contributed by atoms with van der Waals surface area (Å²) in [7, 11) is 0. The van der Waals surface area contributed by atoms with Gasteiger partial charge in [0.15, 0.2) is 0 Å². The molecule has 0 bridgehead atoms. The van der Waals surface area contributed by atoms with Gasteiger partial charge < -0.3 is 14.6 Å². The van der Waals surface area contributed by atoms with E-state index in [1.165, 1.54) is 30.6 Å². The molecule has 2 atom stereocenters. The predicted octanol–water partition coefficient (Wildman–Crippen LogP) is 1.28. The van der Waals surface area contributed by atoms with Gasteiger partial charge in [0.05, 0.1) is 13.0 Å². The minimum absolute atomic E-state index is 0.248. The molecule has 140 valence electrons. The van der Waals surface area contributed by atoms with Gasteiger partial charge in [-0.05, 0) is 18.1 Å². The molecule has 1 aliphatic rings. The van der Waals surface area contributed by atoms with Gasteiger partial charge in [-0.1, -0.05) is 49.4 Å². The van der Waals surface area contributed by atoms with E-state index < -0.39 is 0 Å². The fourth-order valence-electron chi connectivity index (χ4n) is 4.17. The highest BCUT2D eigenvalue weighted by Gasteiger charge is 2.28. The van der Waals surface area contributed by atoms with Crippen molar-refractivity contribution >= 4 is 11.0 Å². The van der Waals surface area contributed by atoms with Crippen molar-refractivity contribution in [3.63, 3.8) is 0 Å². The van der Waals surface area contributed by atoms with Gasteiger partial charge in [-0.25, -0.2) is 4.79 Å². The molecule has 4 heteroatoms. The monoisotopic (exact) mass is 364 g/mol. The molecule has 0 radical (unpaired) electrons. The van der Waals surface area contributed by atoms with Crippen molar-refractivity contribution in [3.05, 3.63) is 81.7 Å². The summed E-state index contributed by atoms with van der Waals surface area (Å²) in [6, 6.07) is 19.2. The van der Waals surface area contributed by atoms with E-state index in [1.54, 1.807) is 11.0 Å². The van der Waals surface area contributed by atoms with Crippen LogP contribution in [0.5, 0.6) is 0 Å². The largest absolute Gasteiger partial charge is 0.423 e. The number of aryl methyl sites for hydroxylation is 1. The average Bonchev–Trinajstić information content (AvgIpc) is 3.13. The van der Waals surface area contributed by atoms with Gasteiger partial charge in [0, 0.05) is 22.6 Å². The van der Waals surface area contributed by atoms with Crippen LogP contribution < -0.4 is 15.8 Å². The van der Waals surface area contributed by atoms with Crippen molar-refractivity contribution in [2.75, 3.05) is 13.1 Å².